The summed E-state index contributed by atoms with van der Waals surface area (Å²) in [6.45, 7) is 14.9. The van der Waals surface area contributed by atoms with Gasteiger partial charge < -0.3 is 9.64 Å². The molecular weight excluding hydrogens is 342 g/mol. The fourth-order valence-corrected chi connectivity index (χ4v) is 4.37. The van der Waals surface area contributed by atoms with Crippen LogP contribution in [0.2, 0.25) is 0 Å². The van der Waals surface area contributed by atoms with Crippen LogP contribution in [0, 0.1) is 23.7 Å². The lowest BCUT2D eigenvalue weighted by molar-refractivity contribution is -0.0146. The Morgan fingerprint density at radius 1 is 0.821 bits per heavy atom. The van der Waals surface area contributed by atoms with E-state index in [1.807, 2.05) is 0 Å². The van der Waals surface area contributed by atoms with E-state index in [4.69, 9.17) is 4.74 Å². The number of ether oxygens (including phenoxy) is 1. The highest BCUT2D eigenvalue weighted by Gasteiger charge is 2.23. The van der Waals surface area contributed by atoms with Crippen molar-refractivity contribution in [1.82, 2.24) is 4.90 Å². The van der Waals surface area contributed by atoms with E-state index in [-0.39, 0.29) is 6.10 Å². The third kappa shape index (κ3) is 12.1. The Kier molecular flexibility index (Phi) is 14.9. The molecule has 2 heteroatoms. The second-order valence-corrected chi connectivity index (χ2v) is 9.11. The number of nitrogens with zero attached hydrogens (tertiary/aromatic N) is 1. The van der Waals surface area contributed by atoms with E-state index in [9.17, 15) is 0 Å². The zero-order valence-corrected chi connectivity index (χ0v) is 19.8. The lowest BCUT2D eigenvalue weighted by Gasteiger charge is -2.35. The molecule has 2 nitrogen and oxygen atoms in total. The number of likely N-dealkylation sites (tertiary alicyclic amines) is 1. The number of rotatable bonds is 14. The van der Waals surface area contributed by atoms with Crippen LogP contribution in [0.5, 0.6) is 0 Å². The first-order valence-corrected chi connectivity index (χ1v) is 12.5. The molecule has 0 amide bonds. The lowest BCUT2D eigenvalue weighted by atomic mass is 9.93. The van der Waals surface area contributed by atoms with E-state index in [0.29, 0.717) is 12.0 Å². The summed E-state index contributed by atoms with van der Waals surface area (Å²) < 4.78 is 6.23. The molecule has 1 aliphatic heterocycles. The van der Waals surface area contributed by atoms with Crippen LogP contribution in [0.1, 0.15) is 112 Å². The minimum absolute atomic E-state index is 0.0756. The third-order valence-corrected chi connectivity index (χ3v) is 6.13. The van der Waals surface area contributed by atoms with Crippen molar-refractivity contribution in [2.75, 3.05) is 19.6 Å². The van der Waals surface area contributed by atoms with Gasteiger partial charge in [0.05, 0.1) is 6.10 Å². The van der Waals surface area contributed by atoms with Crippen molar-refractivity contribution in [2.45, 2.75) is 124 Å². The Balaban J connectivity index is 2.33. The van der Waals surface area contributed by atoms with Crippen LogP contribution in [0.3, 0.4) is 0 Å². The van der Waals surface area contributed by atoms with Crippen LogP contribution >= 0.6 is 0 Å². The van der Waals surface area contributed by atoms with Crippen molar-refractivity contribution < 1.29 is 4.74 Å². The standard InChI is InChI=1S/C26H49NO/c1-6-9-11-14-25(15-12-10-7-2)22-27-20-18-26(19-21-27)28-24(5)17-16-23(4)13-8-3/h23-26H,6-15,18-22H2,1-5H3/t23?,24-/m0/s1. The number of hydrogen-bond acceptors (Lipinski definition) is 2. The molecule has 0 N–H and O–H groups in total. The molecule has 2 atom stereocenters. The fourth-order valence-electron chi connectivity index (χ4n) is 4.37. The largest absolute Gasteiger partial charge is 0.362 e. The Morgan fingerprint density at radius 2 is 1.43 bits per heavy atom. The van der Waals surface area contributed by atoms with E-state index in [1.165, 1.54) is 96.7 Å². The van der Waals surface area contributed by atoms with E-state index in [1.54, 1.807) is 0 Å². The van der Waals surface area contributed by atoms with Crippen LogP contribution in [-0.2, 0) is 4.74 Å². The van der Waals surface area contributed by atoms with Gasteiger partial charge in [-0.25, -0.2) is 0 Å². The molecule has 0 aromatic rings. The average molecular weight is 392 g/mol. The van der Waals surface area contributed by atoms with Gasteiger partial charge in [-0.1, -0.05) is 84.5 Å². The van der Waals surface area contributed by atoms with E-state index in [2.05, 4.69) is 51.4 Å². The molecule has 0 saturated carbocycles. The molecule has 1 fully saturated rings. The van der Waals surface area contributed by atoms with Gasteiger partial charge in [0.1, 0.15) is 6.10 Å². The van der Waals surface area contributed by atoms with E-state index in [0.717, 1.165) is 5.92 Å². The Hall–Kier alpha value is -0.520. The van der Waals surface area contributed by atoms with Gasteiger partial charge in [-0.15, -0.1) is 0 Å². The Morgan fingerprint density at radius 3 is 1.96 bits per heavy atom. The molecular formula is C26H49NO. The molecule has 1 rings (SSSR count). The predicted molar refractivity (Wildman–Crippen MR) is 124 cm³/mol. The van der Waals surface area contributed by atoms with Crippen molar-refractivity contribution in [3.63, 3.8) is 0 Å². The smallest absolute Gasteiger partial charge is 0.115 e. The zero-order chi connectivity index (χ0) is 20.6. The quantitative estimate of drug-likeness (QED) is 0.232. The van der Waals surface area contributed by atoms with Crippen LogP contribution in [0.15, 0.2) is 0 Å². The second kappa shape index (κ2) is 16.3. The normalized spacial score (nSPS) is 18.1. The van der Waals surface area contributed by atoms with Crippen LogP contribution in [0.25, 0.3) is 0 Å². The summed E-state index contributed by atoms with van der Waals surface area (Å²) in [5, 5.41) is 0. The average Bonchev–Trinajstić information content (AvgIpc) is 2.68. The first kappa shape index (κ1) is 25.5. The number of piperidine rings is 1. The number of hydrogen-bond donors (Lipinski definition) is 0. The van der Waals surface area contributed by atoms with Gasteiger partial charge >= 0.3 is 0 Å². The third-order valence-electron chi connectivity index (χ3n) is 6.13. The molecule has 0 aromatic carbocycles. The molecule has 1 aliphatic rings. The molecule has 0 aromatic heterocycles. The SMILES string of the molecule is CCCCCC(CCCCC)CN1CCC(O[C@@H](C)C#CC(C)CCC)CC1. The maximum Gasteiger partial charge on any atom is 0.115 e. The maximum atomic E-state index is 6.23. The lowest BCUT2D eigenvalue weighted by Crippen LogP contribution is -2.40. The Labute approximate surface area is 177 Å². The molecule has 0 radical (unpaired) electrons. The predicted octanol–water partition coefficient (Wildman–Crippen LogP) is 7.07. The summed E-state index contributed by atoms with van der Waals surface area (Å²) in [4.78, 5) is 2.71. The van der Waals surface area contributed by atoms with Gasteiger partial charge in [0.25, 0.3) is 0 Å². The minimum atomic E-state index is 0.0756. The van der Waals surface area contributed by atoms with Crippen LogP contribution in [0.4, 0.5) is 0 Å². The van der Waals surface area contributed by atoms with Gasteiger partial charge in [0.2, 0.25) is 0 Å². The molecule has 1 heterocycles. The topological polar surface area (TPSA) is 12.5 Å². The van der Waals surface area contributed by atoms with Crippen molar-refractivity contribution in [3.05, 3.63) is 0 Å². The summed E-state index contributed by atoms with van der Waals surface area (Å²) >= 11 is 0. The highest BCUT2D eigenvalue weighted by Crippen LogP contribution is 2.22. The van der Waals surface area contributed by atoms with Crippen molar-refractivity contribution >= 4 is 0 Å². The monoisotopic (exact) mass is 391 g/mol. The molecule has 1 saturated heterocycles. The minimum Gasteiger partial charge on any atom is -0.362 e. The molecule has 1 unspecified atom stereocenters. The summed E-state index contributed by atoms with van der Waals surface area (Å²) in [6, 6.07) is 0. The number of unbranched alkanes of at least 4 members (excludes halogenated alkanes) is 4. The molecule has 28 heavy (non-hydrogen) atoms. The van der Waals surface area contributed by atoms with E-state index < -0.39 is 0 Å². The van der Waals surface area contributed by atoms with Gasteiger partial charge in [-0.2, -0.15) is 0 Å². The van der Waals surface area contributed by atoms with E-state index >= 15 is 0 Å². The summed E-state index contributed by atoms with van der Waals surface area (Å²) in [7, 11) is 0. The molecule has 164 valence electrons. The summed E-state index contributed by atoms with van der Waals surface area (Å²) in [5.41, 5.74) is 0. The molecule has 0 aliphatic carbocycles. The van der Waals surface area contributed by atoms with Crippen molar-refractivity contribution in [3.8, 4) is 11.8 Å². The summed E-state index contributed by atoms with van der Waals surface area (Å²) in [6.07, 6.45) is 16.4. The second-order valence-electron chi connectivity index (χ2n) is 9.11. The molecule has 0 bridgehead atoms. The highest BCUT2D eigenvalue weighted by atomic mass is 16.5. The summed E-state index contributed by atoms with van der Waals surface area (Å²) in [5.74, 6) is 8.10. The first-order chi connectivity index (χ1) is 13.6. The van der Waals surface area contributed by atoms with Gasteiger partial charge in [0.15, 0.2) is 0 Å². The molecule has 0 spiro atoms. The maximum absolute atomic E-state index is 6.23. The van der Waals surface area contributed by atoms with Gasteiger partial charge in [0, 0.05) is 25.6 Å². The van der Waals surface area contributed by atoms with Crippen molar-refractivity contribution in [2.24, 2.45) is 11.8 Å². The fraction of sp³-hybridized carbons (Fsp3) is 0.923. The first-order valence-electron chi connectivity index (χ1n) is 12.5. The van der Waals surface area contributed by atoms with Gasteiger partial charge in [-0.05, 0) is 44.9 Å². The Bertz CT molecular complexity index is 406. The highest BCUT2D eigenvalue weighted by molar-refractivity contribution is 5.06. The van der Waals surface area contributed by atoms with Crippen molar-refractivity contribution in [1.29, 1.82) is 0 Å². The van der Waals surface area contributed by atoms with Gasteiger partial charge in [-0.3, -0.25) is 0 Å². The zero-order valence-electron chi connectivity index (χ0n) is 19.8. The van der Waals surface area contributed by atoms with Crippen LogP contribution in [-0.4, -0.2) is 36.7 Å². The van der Waals surface area contributed by atoms with Crippen LogP contribution < -0.4 is 0 Å².